The van der Waals surface area contributed by atoms with Crippen LogP contribution in [-0.4, -0.2) is 80.6 Å². The normalized spacial score (nSPS) is 13.9. The summed E-state index contributed by atoms with van der Waals surface area (Å²) in [5.74, 6) is -1.57. The maximum Gasteiger partial charge on any atom is 0.362 e. The van der Waals surface area contributed by atoms with Gasteiger partial charge < -0.3 is 23.8 Å². The Hall–Kier alpha value is -3.75. The predicted molar refractivity (Wildman–Crippen MR) is 238 cm³/mol. The summed E-state index contributed by atoms with van der Waals surface area (Å²) in [6.45, 7) is 4.40. The quantitative estimate of drug-likeness (QED) is 0.0289. The van der Waals surface area contributed by atoms with Crippen LogP contribution in [0, 0.1) is 0 Å². The summed E-state index contributed by atoms with van der Waals surface area (Å²) in [5.41, 5.74) is 0. The Morgan fingerprint density at radius 2 is 0.947 bits per heavy atom. The summed E-state index contributed by atoms with van der Waals surface area (Å²) < 4.78 is 17.2. The van der Waals surface area contributed by atoms with E-state index in [9.17, 15) is 19.5 Å². The number of allylic oxidation sites excluding steroid dienone is 16. The highest BCUT2D eigenvalue weighted by molar-refractivity contribution is 5.72. The van der Waals surface area contributed by atoms with Crippen LogP contribution in [0.4, 0.5) is 0 Å². The highest BCUT2D eigenvalue weighted by atomic mass is 16.6. The fourth-order valence-corrected chi connectivity index (χ4v) is 5.67. The van der Waals surface area contributed by atoms with Crippen LogP contribution in [0.3, 0.4) is 0 Å². The third-order valence-corrected chi connectivity index (χ3v) is 8.98. The van der Waals surface area contributed by atoms with Crippen molar-refractivity contribution in [2.75, 3.05) is 41.0 Å². The number of nitrogens with zero attached hydrogens (tertiary/aromatic N) is 1. The van der Waals surface area contributed by atoms with Gasteiger partial charge in [0.25, 0.3) is 0 Å². The zero-order valence-electron chi connectivity index (χ0n) is 36.5. The van der Waals surface area contributed by atoms with Gasteiger partial charge in [0, 0.05) is 19.3 Å². The molecular formula is C49H80NO7+. The molecule has 0 aliphatic heterocycles. The van der Waals surface area contributed by atoms with E-state index in [0.717, 1.165) is 89.9 Å². The van der Waals surface area contributed by atoms with E-state index < -0.39 is 18.1 Å². The van der Waals surface area contributed by atoms with Crippen molar-refractivity contribution in [1.82, 2.24) is 0 Å². The average Bonchev–Trinajstić information content (AvgIpc) is 3.17. The number of esters is 2. The zero-order chi connectivity index (χ0) is 42.1. The standard InChI is InChI=1S/C49H79NO7/c1-6-8-10-12-14-16-18-19-20-21-22-23-24-25-26-27-28-30-31-33-35-37-39-47(51)56-44-45(43-55-42-41-46(49(53)54)50(3,4)5)57-48(52)40-38-36-34-32-29-17-15-13-11-9-7-2/h8-11,14-17,19-20,22-23,25-26,32,34,45-46H,6-7,12-13,18,21,24,27-31,33,35-44H2,1-5H3/p+1/b10-8+,11-9+,16-14+,17-15+,20-19+,23-22+,26-25+,34-32+. The van der Waals surface area contributed by atoms with Gasteiger partial charge in [0.15, 0.2) is 12.1 Å². The molecule has 0 aliphatic rings. The summed E-state index contributed by atoms with van der Waals surface area (Å²) in [6, 6.07) is -0.630. The van der Waals surface area contributed by atoms with E-state index in [4.69, 9.17) is 14.2 Å². The lowest BCUT2D eigenvalue weighted by Crippen LogP contribution is -2.50. The maximum absolute atomic E-state index is 12.6. The number of hydrogen-bond donors (Lipinski definition) is 1. The summed E-state index contributed by atoms with van der Waals surface area (Å²) in [4.78, 5) is 36.9. The smallest absolute Gasteiger partial charge is 0.362 e. The van der Waals surface area contributed by atoms with Gasteiger partial charge in [-0.15, -0.1) is 0 Å². The molecule has 0 heterocycles. The van der Waals surface area contributed by atoms with E-state index in [-0.39, 0.29) is 42.7 Å². The molecule has 0 amide bonds. The summed E-state index contributed by atoms with van der Waals surface area (Å²) in [5, 5.41) is 9.60. The molecule has 0 aromatic heterocycles. The number of ether oxygens (including phenoxy) is 3. The Kier molecular flexibility index (Phi) is 36.5. The van der Waals surface area contributed by atoms with Crippen LogP contribution in [0.1, 0.15) is 142 Å². The van der Waals surface area contributed by atoms with Gasteiger partial charge in [0.2, 0.25) is 0 Å². The van der Waals surface area contributed by atoms with Crippen LogP contribution in [0.2, 0.25) is 0 Å². The van der Waals surface area contributed by atoms with Gasteiger partial charge in [-0.25, -0.2) is 4.79 Å². The van der Waals surface area contributed by atoms with Crippen LogP contribution < -0.4 is 0 Å². The number of carboxylic acid groups (broad SMARTS) is 1. The third kappa shape index (κ3) is 37.6. The van der Waals surface area contributed by atoms with Gasteiger partial charge in [0.05, 0.1) is 34.4 Å². The number of carbonyl (C=O) groups is 3. The molecule has 0 aliphatic carbocycles. The highest BCUT2D eigenvalue weighted by Gasteiger charge is 2.31. The first-order valence-corrected chi connectivity index (χ1v) is 21.8. The number of quaternary nitrogens is 1. The second-order valence-corrected chi connectivity index (χ2v) is 15.2. The van der Waals surface area contributed by atoms with Crippen LogP contribution in [-0.2, 0) is 28.6 Å². The molecule has 0 radical (unpaired) electrons. The van der Waals surface area contributed by atoms with Crippen molar-refractivity contribution in [3.8, 4) is 0 Å². The molecule has 2 unspecified atom stereocenters. The molecule has 0 saturated heterocycles. The molecule has 0 saturated carbocycles. The van der Waals surface area contributed by atoms with Gasteiger partial charge in [0.1, 0.15) is 6.61 Å². The van der Waals surface area contributed by atoms with Crippen molar-refractivity contribution in [2.24, 2.45) is 0 Å². The second kappa shape index (κ2) is 39.1. The number of hydrogen-bond acceptors (Lipinski definition) is 6. The average molecular weight is 795 g/mol. The monoisotopic (exact) mass is 795 g/mol. The van der Waals surface area contributed by atoms with E-state index >= 15 is 0 Å². The molecular weight excluding hydrogens is 715 g/mol. The summed E-state index contributed by atoms with van der Waals surface area (Å²) in [6.07, 6.45) is 51.8. The fourth-order valence-electron chi connectivity index (χ4n) is 5.67. The fraction of sp³-hybridized carbons (Fsp3) is 0.612. The minimum Gasteiger partial charge on any atom is -0.477 e. The molecule has 2 atom stereocenters. The van der Waals surface area contributed by atoms with Crippen LogP contribution >= 0.6 is 0 Å². The Balaban J connectivity index is 4.37. The summed E-state index contributed by atoms with van der Waals surface area (Å²) >= 11 is 0. The van der Waals surface area contributed by atoms with Gasteiger partial charge in [-0.3, -0.25) is 9.59 Å². The molecule has 0 rings (SSSR count). The molecule has 57 heavy (non-hydrogen) atoms. The number of rotatable bonds is 37. The molecule has 8 nitrogen and oxygen atoms in total. The number of carboxylic acids is 1. The number of aliphatic carboxylic acids is 1. The molecule has 0 aromatic rings. The molecule has 0 fully saturated rings. The van der Waals surface area contributed by atoms with Crippen molar-refractivity contribution in [3.05, 3.63) is 97.2 Å². The second-order valence-electron chi connectivity index (χ2n) is 15.2. The number of likely N-dealkylation sites (N-methyl/N-ethyl adjacent to an activating group) is 1. The van der Waals surface area contributed by atoms with Crippen molar-refractivity contribution >= 4 is 17.9 Å². The minimum atomic E-state index is -0.890. The van der Waals surface area contributed by atoms with E-state index in [0.29, 0.717) is 19.3 Å². The van der Waals surface area contributed by atoms with E-state index in [1.54, 1.807) is 0 Å². The van der Waals surface area contributed by atoms with Gasteiger partial charge >= 0.3 is 17.9 Å². The van der Waals surface area contributed by atoms with Crippen LogP contribution in [0.25, 0.3) is 0 Å². The van der Waals surface area contributed by atoms with Gasteiger partial charge in [-0.2, -0.15) is 0 Å². The van der Waals surface area contributed by atoms with Gasteiger partial charge in [-0.05, 0) is 83.5 Å². The van der Waals surface area contributed by atoms with E-state index in [1.165, 1.54) is 12.8 Å². The molecule has 0 spiro atoms. The first-order valence-electron chi connectivity index (χ1n) is 21.8. The molecule has 8 heteroatoms. The number of carbonyl (C=O) groups excluding carboxylic acids is 2. The highest BCUT2D eigenvalue weighted by Crippen LogP contribution is 2.12. The van der Waals surface area contributed by atoms with Gasteiger partial charge in [-0.1, -0.05) is 137 Å². The van der Waals surface area contributed by atoms with E-state index in [2.05, 4.69) is 111 Å². The third-order valence-electron chi connectivity index (χ3n) is 8.98. The Labute approximate surface area is 347 Å². The van der Waals surface area contributed by atoms with E-state index in [1.807, 2.05) is 21.1 Å². The Morgan fingerprint density at radius 1 is 0.526 bits per heavy atom. The van der Waals surface area contributed by atoms with Crippen molar-refractivity contribution < 1.29 is 38.2 Å². The van der Waals surface area contributed by atoms with Crippen molar-refractivity contribution in [2.45, 2.75) is 154 Å². The lowest BCUT2D eigenvalue weighted by Gasteiger charge is -2.31. The molecule has 0 aromatic carbocycles. The lowest BCUT2D eigenvalue weighted by molar-refractivity contribution is -0.887. The Bertz CT molecular complexity index is 1250. The zero-order valence-corrected chi connectivity index (χ0v) is 36.5. The molecule has 0 bridgehead atoms. The number of unbranched alkanes of at least 4 members (excludes halogenated alkanes) is 7. The van der Waals surface area contributed by atoms with Crippen molar-refractivity contribution in [1.29, 1.82) is 0 Å². The SMILES string of the molecule is CC/C=C/C/C=C/C/C=C/C/C=C/C/C=C/CCCCCCCCC(=O)OCC(COCCC(C(=O)O)[N+](C)(C)C)OC(=O)CCC/C=C/C/C=C/C/C=C/CC. The minimum absolute atomic E-state index is 0.0296. The Morgan fingerprint density at radius 3 is 1.42 bits per heavy atom. The van der Waals surface area contributed by atoms with Crippen molar-refractivity contribution in [3.63, 3.8) is 0 Å². The first-order chi connectivity index (χ1) is 27.6. The largest absolute Gasteiger partial charge is 0.477 e. The van der Waals surface area contributed by atoms with Crippen LogP contribution in [0.15, 0.2) is 97.2 Å². The first kappa shape index (κ1) is 53.2. The van der Waals surface area contributed by atoms with Crippen LogP contribution in [0.5, 0.6) is 0 Å². The maximum atomic E-state index is 12.6. The molecule has 322 valence electrons. The predicted octanol–water partition coefficient (Wildman–Crippen LogP) is 11.9. The lowest BCUT2D eigenvalue weighted by atomic mass is 10.1. The summed E-state index contributed by atoms with van der Waals surface area (Å²) in [7, 11) is 5.49. The molecule has 1 N–H and O–H groups in total. The topological polar surface area (TPSA) is 99.1 Å².